The number of rotatable bonds is 3. The van der Waals surface area contributed by atoms with Gasteiger partial charge in [-0.3, -0.25) is 24.1 Å². The average molecular weight is 490 g/mol. The zero-order valence-electron chi connectivity index (χ0n) is 18.1. The Bertz CT molecular complexity index is 1400. The monoisotopic (exact) mass is 489 g/mol. The van der Waals surface area contributed by atoms with Gasteiger partial charge in [-0.05, 0) is 23.8 Å². The fourth-order valence-electron chi connectivity index (χ4n) is 5.49. The Hall–Kier alpha value is -3.68. The number of hydrogen-bond acceptors (Lipinski definition) is 5. The molecule has 3 aromatic carbocycles. The molecule has 35 heavy (non-hydrogen) atoms. The van der Waals surface area contributed by atoms with Gasteiger partial charge in [0.25, 0.3) is 0 Å². The second-order valence-electron chi connectivity index (χ2n) is 8.89. The molecule has 1 aliphatic carbocycles. The molecule has 0 bridgehead atoms. The van der Waals surface area contributed by atoms with Crippen molar-refractivity contribution in [1.82, 2.24) is 4.90 Å². The van der Waals surface area contributed by atoms with Crippen LogP contribution in [-0.2, 0) is 20.9 Å². The molecule has 1 spiro atoms. The third-order valence-electron chi connectivity index (χ3n) is 7.08. The summed E-state index contributed by atoms with van der Waals surface area (Å²) in [6.07, 6.45) is -1.28. The van der Waals surface area contributed by atoms with E-state index in [0.717, 1.165) is 4.90 Å². The highest BCUT2D eigenvalue weighted by molar-refractivity contribution is 6.35. The van der Waals surface area contributed by atoms with Crippen molar-refractivity contribution in [2.45, 2.75) is 18.2 Å². The Morgan fingerprint density at radius 1 is 0.829 bits per heavy atom. The molecule has 8 heteroatoms. The zero-order chi connectivity index (χ0) is 24.5. The van der Waals surface area contributed by atoms with E-state index in [0.29, 0.717) is 10.6 Å². The van der Waals surface area contributed by atoms with E-state index in [4.69, 9.17) is 16.3 Å². The van der Waals surface area contributed by atoms with Gasteiger partial charge < -0.3 is 4.74 Å². The lowest BCUT2D eigenvalue weighted by molar-refractivity contribution is -0.145. The summed E-state index contributed by atoms with van der Waals surface area (Å²) >= 11 is 5.95. The number of Topliss-reactive ketones (excluding diaryl/α,β-unsaturated/α-hetero) is 2. The van der Waals surface area contributed by atoms with E-state index in [-0.39, 0.29) is 23.2 Å². The van der Waals surface area contributed by atoms with Crippen LogP contribution >= 0.6 is 11.6 Å². The van der Waals surface area contributed by atoms with Crippen LogP contribution in [0.25, 0.3) is 0 Å². The predicted octanol–water partition coefficient (Wildman–Crippen LogP) is 4.17. The van der Waals surface area contributed by atoms with Crippen LogP contribution in [0.1, 0.15) is 37.9 Å². The second-order valence-corrected chi connectivity index (χ2v) is 9.33. The molecule has 3 aliphatic rings. The number of ether oxygens (including phenoxy) is 1. The van der Waals surface area contributed by atoms with E-state index in [1.807, 2.05) is 0 Å². The largest absolute Gasteiger partial charge is 0.349 e. The maximum atomic E-state index is 14.9. The van der Waals surface area contributed by atoms with Gasteiger partial charge in [0.15, 0.2) is 0 Å². The van der Waals surface area contributed by atoms with Gasteiger partial charge in [0.05, 0.1) is 24.5 Å². The van der Waals surface area contributed by atoms with Crippen LogP contribution in [0.2, 0.25) is 5.02 Å². The van der Waals surface area contributed by atoms with Gasteiger partial charge in [-0.25, -0.2) is 4.39 Å². The molecule has 2 fully saturated rings. The first-order valence-electron chi connectivity index (χ1n) is 11.0. The van der Waals surface area contributed by atoms with Crippen LogP contribution in [0.15, 0.2) is 72.8 Å². The first kappa shape index (κ1) is 21.8. The molecule has 3 aromatic rings. The highest BCUT2D eigenvalue weighted by atomic mass is 35.5. The van der Waals surface area contributed by atoms with Crippen molar-refractivity contribution in [2.24, 2.45) is 11.8 Å². The predicted molar refractivity (Wildman–Crippen MR) is 122 cm³/mol. The number of amides is 2. The van der Waals surface area contributed by atoms with Gasteiger partial charge in [0.1, 0.15) is 5.82 Å². The van der Waals surface area contributed by atoms with Gasteiger partial charge >= 0.3 is 0 Å². The summed E-state index contributed by atoms with van der Waals surface area (Å²) < 4.78 is 20.9. The Morgan fingerprint density at radius 2 is 1.43 bits per heavy atom. The maximum Gasteiger partial charge on any atom is 0.237 e. The van der Waals surface area contributed by atoms with E-state index in [1.54, 1.807) is 42.5 Å². The summed E-state index contributed by atoms with van der Waals surface area (Å²) in [6, 6.07) is 18.5. The molecule has 6 nitrogen and oxygen atoms in total. The van der Waals surface area contributed by atoms with Gasteiger partial charge in [-0.1, -0.05) is 66.2 Å². The molecule has 0 radical (unpaired) electrons. The lowest BCUT2D eigenvalue weighted by Gasteiger charge is -2.27. The Kier molecular flexibility index (Phi) is 4.78. The number of hydrogen-bond donors (Lipinski definition) is 0. The van der Waals surface area contributed by atoms with Crippen LogP contribution in [-0.4, -0.2) is 33.9 Å². The van der Waals surface area contributed by atoms with Crippen molar-refractivity contribution >= 4 is 35.0 Å². The first-order chi connectivity index (χ1) is 16.8. The van der Waals surface area contributed by atoms with E-state index in [9.17, 15) is 23.6 Å². The minimum absolute atomic E-state index is 0.0189. The minimum atomic E-state index is -2.22. The highest BCUT2D eigenvalue weighted by Crippen LogP contribution is 2.57. The number of carbonyl (C=O) groups excluding carboxylic acids is 4. The Morgan fingerprint density at radius 3 is 2.06 bits per heavy atom. The number of ketones is 2. The van der Waals surface area contributed by atoms with Crippen molar-refractivity contribution in [2.75, 3.05) is 0 Å². The fourth-order valence-corrected chi connectivity index (χ4v) is 5.62. The van der Waals surface area contributed by atoms with Crippen LogP contribution in [0, 0.1) is 17.7 Å². The zero-order valence-corrected chi connectivity index (χ0v) is 18.9. The summed E-state index contributed by atoms with van der Waals surface area (Å²) in [4.78, 5) is 55.7. The smallest absolute Gasteiger partial charge is 0.237 e. The van der Waals surface area contributed by atoms with E-state index >= 15 is 0 Å². The molecule has 2 amide bonds. The van der Waals surface area contributed by atoms with Crippen LogP contribution < -0.4 is 0 Å². The summed E-state index contributed by atoms with van der Waals surface area (Å²) in [6.45, 7) is -0.0722. The van der Waals surface area contributed by atoms with Crippen molar-refractivity contribution in [3.8, 4) is 0 Å². The SMILES string of the molecule is O=C1[C@@H]2[C@@H](c3ccccc3F)OC3(C(=O)c4ccccc4C3=O)[C@H]2C(=O)N1Cc1ccc(Cl)cc1. The number of fused-ring (bicyclic) bond motifs is 3. The number of imide groups is 1. The minimum Gasteiger partial charge on any atom is -0.349 e. The fraction of sp³-hybridized carbons (Fsp3) is 0.185. The maximum absolute atomic E-state index is 14.9. The van der Waals surface area contributed by atoms with E-state index in [1.165, 1.54) is 30.3 Å². The standard InChI is InChI=1S/C27H17ClFNO5/c28-15-11-9-14(10-12-15)13-30-25(33)20-21(26(30)34)27(35-22(20)18-7-3-4-8-19(18)29)23(31)16-5-1-2-6-17(16)24(27)32/h1-12,20-22H,13H2/t20-,21+,22+/m0/s1. The number of nitrogens with zero attached hydrogens (tertiary/aromatic N) is 1. The molecule has 0 unspecified atom stereocenters. The third-order valence-corrected chi connectivity index (χ3v) is 7.33. The van der Waals surface area contributed by atoms with E-state index in [2.05, 4.69) is 0 Å². The van der Waals surface area contributed by atoms with Gasteiger partial charge in [-0.2, -0.15) is 0 Å². The van der Waals surface area contributed by atoms with E-state index < -0.39 is 52.7 Å². The summed E-state index contributed by atoms with van der Waals surface area (Å²) in [5, 5.41) is 0.497. The molecular formula is C27H17ClFNO5. The van der Waals surface area contributed by atoms with Crippen molar-refractivity contribution in [3.63, 3.8) is 0 Å². The number of benzene rings is 3. The van der Waals surface area contributed by atoms with Gasteiger partial charge in [0, 0.05) is 21.7 Å². The molecule has 2 heterocycles. The van der Waals surface area contributed by atoms with Crippen LogP contribution in [0.5, 0.6) is 0 Å². The molecule has 0 aromatic heterocycles. The van der Waals surface area contributed by atoms with Crippen molar-refractivity contribution < 1.29 is 28.3 Å². The number of halogens is 2. The Labute approximate surface area is 204 Å². The molecule has 0 saturated carbocycles. The molecular weight excluding hydrogens is 473 g/mol. The summed E-state index contributed by atoms with van der Waals surface area (Å²) in [5.41, 5.74) is -1.31. The topological polar surface area (TPSA) is 80.8 Å². The first-order valence-corrected chi connectivity index (χ1v) is 11.4. The van der Waals surface area contributed by atoms with Crippen molar-refractivity contribution in [3.05, 3.63) is 106 Å². The number of carbonyl (C=O) groups is 4. The summed E-state index contributed by atoms with van der Waals surface area (Å²) in [7, 11) is 0. The molecule has 0 N–H and O–H groups in total. The number of likely N-dealkylation sites (tertiary alicyclic amines) is 1. The van der Waals surface area contributed by atoms with Gasteiger partial charge in [0.2, 0.25) is 29.0 Å². The molecule has 174 valence electrons. The molecule has 2 saturated heterocycles. The van der Waals surface area contributed by atoms with Crippen molar-refractivity contribution in [1.29, 1.82) is 0 Å². The van der Waals surface area contributed by atoms with Gasteiger partial charge in [-0.15, -0.1) is 0 Å². The quantitative estimate of drug-likeness (QED) is 0.407. The second kappa shape index (κ2) is 7.66. The lowest BCUT2D eigenvalue weighted by Crippen LogP contribution is -2.50. The lowest BCUT2D eigenvalue weighted by atomic mass is 9.77. The third kappa shape index (κ3) is 2.92. The molecule has 3 atom stereocenters. The average Bonchev–Trinajstić information content (AvgIpc) is 3.42. The highest BCUT2D eigenvalue weighted by Gasteiger charge is 2.74. The molecule has 6 rings (SSSR count). The molecule has 2 aliphatic heterocycles. The van der Waals surface area contributed by atoms with Crippen LogP contribution in [0.3, 0.4) is 0 Å². The normalized spacial score (nSPS) is 24.4. The summed E-state index contributed by atoms with van der Waals surface area (Å²) in [5.74, 6) is -5.95. The van der Waals surface area contributed by atoms with Crippen LogP contribution in [0.4, 0.5) is 4.39 Å². The Balaban J connectivity index is 1.49.